The molecule has 4 heteroatoms. The number of nitrogens with one attached hydrogen (secondary N) is 1. The largest absolute Gasteiger partial charge is 0.330 e. The Bertz CT molecular complexity index is 77.4. The monoisotopic (exact) mass is 145 g/mol. The Morgan fingerprint density at radius 2 is 2.00 bits per heavy atom. The van der Waals surface area contributed by atoms with Crippen LogP contribution in [0.5, 0.6) is 0 Å². The summed E-state index contributed by atoms with van der Waals surface area (Å²) >= 11 is 0. The second-order valence-corrected chi connectivity index (χ2v) is 2.10. The van der Waals surface area contributed by atoms with E-state index in [2.05, 4.69) is 10.5 Å². The fraction of sp³-hybridized carbons (Fsp3) is 1.00. The third kappa shape index (κ3) is 7.52. The summed E-state index contributed by atoms with van der Waals surface area (Å²) < 4.78 is 0. The Kier molecular flexibility index (Phi) is 8.11. The highest BCUT2D eigenvalue weighted by atomic mass is 16.3. The van der Waals surface area contributed by atoms with Gasteiger partial charge in [0.2, 0.25) is 0 Å². The summed E-state index contributed by atoms with van der Waals surface area (Å²) in [6.45, 7) is 2.94. The van der Waals surface area contributed by atoms with E-state index in [4.69, 9.17) is 5.73 Å². The Hall–Kier alpha value is -0.480. The first-order chi connectivity index (χ1) is 4.91. The van der Waals surface area contributed by atoms with Gasteiger partial charge >= 0.3 is 0 Å². The molecule has 0 aliphatic carbocycles. The maximum atomic E-state index is 9.60. The van der Waals surface area contributed by atoms with E-state index in [1.54, 1.807) is 0 Å². The van der Waals surface area contributed by atoms with Crippen molar-refractivity contribution < 1.29 is 0 Å². The van der Waals surface area contributed by atoms with Crippen LogP contribution >= 0.6 is 0 Å². The summed E-state index contributed by atoms with van der Waals surface area (Å²) in [6.07, 6.45) is 1.82. The summed E-state index contributed by atoms with van der Waals surface area (Å²) in [5.74, 6) is 0. The predicted octanol–water partition coefficient (Wildman–Crippen LogP) is 0.0813. The zero-order chi connectivity index (χ0) is 7.66. The van der Waals surface area contributed by atoms with Crippen molar-refractivity contribution in [3.63, 3.8) is 0 Å². The van der Waals surface area contributed by atoms with E-state index < -0.39 is 0 Å². The van der Waals surface area contributed by atoms with Crippen LogP contribution in [0.25, 0.3) is 0 Å². The van der Waals surface area contributed by atoms with Crippen LogP contribution in [-0.2, 0) is 0 Å². The summed E-state index contributed by atoms with van der Waals surface area (Å²) in [6, 6.07) is 0. The Morgan fingerprint density at radius 1 is 1.30 bits per heavy atom. The van der Waals surface area contributed by atoms with Gasteiger partial charge in [-0.15, -0.1) is 0 Å². The number of nitroso groups, excluding NO2 is 1. The van der Waals surface area contributed by atoms with E-state index in [0.717, 1.165) is 32.5 Å². The zero-order valence-electron chi connectivity index (χ0n) is 6.18. The van der Waals surface area contributed by atoms with E-state index >= 15 is 0 Å². The van der Waals surface area contributed by atoms with Gasteiger partial charge in [-0.1, -0.05) is 5.18 Å². The van der Waals surface area contributed by atoms with Gasteiger partial charge in [-0.05, 0) is 32.5 Å². The van der Waals surface area contributed by atoms with Crippen molar-refractivity contribution in [2.75, 3.05) is 26.2 Å². The van der Waals surface area contributed by atoms with Crippen LogP contribution in [0.3, 0.4) is 0 Å². The van der Waals surface area contributed by atoms with Gasteiger partial charge in [0.05, 0.1) is 6.54 Å². The Labute approximate surface area is 61.1 Å². The minimum Gasteiger partial charge on any atom is -0.330 e. The van der Waals surface area contributed by atoms with E-state index in [-0.39, 0.29) is 0 Å². The fourth-order valence-corrected chi connectivity index (χ4v) is 0.621. The molecule has 0 saturated heterocycles. The van der Waals surface area contributed by atoms with Crippen molar-refractivity contribution in [1.29, 1.82) is 0 Å². The standard InChI is InChI=1S/C6H15N3O/c7-3-1-4-8-5-2-6-9-10/h8H,1-7H2. The third-order valence-corrected chi connectivity index (χ3v) is 1.16. The Morgan fingerprint density at radius 3 is 2.60 bits per heavy atom. The third-order valence-electron chi connectivity index (χ3n) is 1.16. The maximum Gasteiger partial charge on any atom is 0.0823 e. The van der Waals surface area contributed by atoms with Crippen LogP contribution in [0.1, 0.15) is 12.8 Å². The normalized spacial score (nSPS) is 9.70. The van der Waals surface area contributed by atoms with Gasteiger partial charge in [-0.25, -0.2) is 0 Å². The number of rotatable bonds is 7. The smallest absolute Gasteiger partial charge is 0.0823 e. The minimum atomic E-state index is 0.412. The highest BCUT2D eigenvalue weighted by molar-refractivity contribution is 4.50. The maximum absolute atomic E-state index is 9.60. The van der Waals surface area contributed by atoms with Crippen LogP contribution in [0.4, 0.5) is 0 Å². The zero-order valence-corrected chi connectivity index (χ0v) is 6.18. The molecule has 0 saturated carbocycles. The molecule has 0 rings (SSSR count). The molecule has 0 aromatic rings. The van der Waals surface area contributed by atoms with Gasteiger partial charge in [0, 0.05) is 0 Å². The molecule has 0 bridgehead atoms. The molecule has 0 aliphatic rings. The molecular weight excluding hydrogens is 130 g/mol. The van der Waals surface area contributed by atoms with Crippen molar-refractivity contribution >= 4 is 0 Å². The number of hydrogen-bond acceptors (Lipinski definition) is 4. The lowest BCUT2D eigenvalue weighted by Crippen LogP contribution is -2.19. The molecule has 0 spiro atoms. The predicted molar refractivity (Wildman–Crippen MR) is 41.8 cm³/mol. The van der Waals surface area contributed by atoms with Crippen LogP contribution < -0.4 is 11.1 Å². The SMILES string of the molecule is NCCCNCCCN=O. The molecule has 60 valence electrons. The minimum absolute atomic E-state index is 0.412. The second kappa shape index (κ2) is 8.52. The molecule has 0 unspecified atom stereocenters. The summed E-state index contributed by atoms with van der Waals surface area (Å²) in [5.41, 5.74) is 5.26. The average molecular weight is 145 g/mol. The Balaban J connectivity index is 2.70. The lowest BCUT2D eigenvalue weighted by molar-refractivity contribution is 0.631. The summed E-state index contributed by atoms with van der Waals surface area (Å²) in [7, 11) is 0. The molecule has 0 atom stereocenters. The van der Waals surface area contributed by atoms with Crippen molar-refractivity contribution in [1.82, 2.24) is 5.32 Å². The molecule has 0 heterocycles. The molecule has 4 nitrogen and oxygen atoms in total. The van der Waals surface area contributed by atoms with Crippen molar-refractivity contribution in [2.45, 2.75) is 12.8 Å². The molecular formula is C6H15N3O. The molecule has 0 aromatic carbocycles. The van der Waals surface area contributed by atoms with Gasteiger partial charge < -0.3 is 11.1 Å². The van der Waals surface area contributed by atoms with Crippen molar-refractivity contribution in [2.24, 2.45) is 10.9 Å². The molecule has 0 fully saturated rings. The topological polar surface area (TPSA) is 67.5 Å². The summed E-state index contributed by atoms with van der Waals surface area (Å²) in [4.78, 5) is 9.60. The van der Waals surface area contributed by atoms with Crippen LogP contribution in [0, 0.1) is 4.91 Å². The van der Waals surface area contributed by atoms with Crippen LogP contribution in [-0.4, -0.2) is 26.2 Å². The fourth-order valence-electron chi connectivity index (χ4n) is 0.621. The van der Waals surface area contributed by atoms with Gasteiger partial charge in [-0.2, -0.15) is 4.91 Å². The number of nitrogens with two attached hydrogens (primary N) is 1. The van der Waals surface area contributed by atoms with Crippen molar-refractivity contribution in [3.8, 4) is 0 Å². The lowest BCUT2D eigenvalue weighted by Gasteiger charge is -1.99. The lowest BCUT2D eigenvalue weighted by atomic mass is 10.4. The second-order valence-electron chi connectivity index (χ2n) is 2.10. The molecule has 3 N–H and O–H groups in total. The first-order valence-electron chi connectivity index (χ1n) is 3.61. The van der Waals surface area contributed by atoms with E-state index in [1.807, 2.05) is 0 Å². The highest BCUT2D eigenvalue weighted by Gasteiger charge is 1.86. The highest BCUT2D eigenvalue weighted by Crippen LogP contribution is 1.77. The molecule has 0 amide bonds. The number of hydrogen-bond donors (Lipinski definition) is 2. The summed E-state index contributed by atoms with van der Waals surface area (Å²) in [5, 5.41) is 5.88. The van der Waals surface area contributed by atoms with Crippen LogP contribution in [0.15, 0.2) is 5.18 Å². The van der Waals surface area contributed by atoms with E-state index in [1.165, 1.54) is 0 Å². The first-order valence-corrected chi connectivity index (χ1v) is 3.61. The molecule has 0 radical (unpaired) electrons. The van der Waals surface area contributed by atoms with Crippen LogP contribution in [0.2, 0.25) is 0 Å². The van der Waals surface area contributed by atoms with Gasteiger partial charge in [0.1, 0.15) is 0 Å². The quantitative estimate of drug-likeness (QED) is 0.394. The average Bonchev–Trinajstić information content (AvgIpc) is 1.97. The molecule has 0 aromatic heterocycles. The first kappa shape index (κ1) is 9.52. The molecule has 0 aliphatic heterocycles. The van der Waals surface area contributed by atoms with Gasteiger partial charge in [0.15, 0.2) is 0 Å². The van der Waals surface area contributed by atoms with E-state index in [0.29, 0.717) is 6.54 Å². The number of nitrogens with zero attached hydrogens (tertiary/aromatic N) is 1. The van der Waals surface area contributed by atoms with E-state index in [9.17, 15) is 4.91 Å². The van der Waals surface area contributed by atoms with Crippen molar-refractivity contribution in [3.05, 3.63) is 4.91 Å². The van der Waals surface area contributed by atoms with Gasteiger partial charge in [-0.3, -0.25) is 0 Å². The molecule has 10 heavy (non-hydrogen) atoms. The van der Waals surface area contributed by atoms with Gasteiger partial charge in [0.25, 0.3) is 0 Å².